The van der Waals surface area contributed by atoms with Crippen molar-refractivity contribution in [1.29, 1.82) is 0 Å². The smallest absolute Gasteiger partial charge is 0.199 e. The predicted molar refractivity (Wildman–Crippen MR) is 131 cm³/mol. The number of pyridine rings is 3. The molecule has 0 aliphatic rings. The fourth-order valence-electron chi connectivity index (χ4n) is 4.54. The van der Waals surface area contributed by atoms with Gasteiger partial charge in [0.1, 0.15) is 11.3 Å². The monoisotopic (exact) mass is 480 g/mol. The Labute approximate surface area is 197 Å². The number of rotatable bonds is 4. The van der Waals surface area contributed by atoms with Crippen LogP contribution in [0.25, 0.3) is 44.1 Å². The number of H-pyrrole nitrogens is 1. The lowest BCUT2D eigenvalue weighted by Gasteiger charge is -2.19. The normalized spacial score (nSPS) is 11.8. The molecular formula is C24H22F2N6O3. The van der Waals surface area contributed by atoms with Gasteiger partial charge in [0.2, 0.25) is 0 Å². The Kier molecular flexibility index (Phi) is 5.18. The topological polar surface area (TPSA) is 119 Å². The molecule has 5 aromatic rings. The molecule has 35 heavy (non-hydrogen) atoms. The van der Waals surface area contributed by atoms with E-state index in [9.17, 15) is 19.4 Å². The average Bonchev–Trinajstić information content (AvgIpc) is 3.22. The van der Waals surface area contributed by atoms with Crippen molar-refractivity contribution < 1.29 is 19.0 Å². The number of halogens is 2. The van der Waals surface area contributed by atoms with E-state index in [0.29, 0.717) is 44.7 Å². The highest BCUT2D eigenvalue weighted by molar-refractivity contribution is 6.18. The molecule has 1 aromatic carbocycles. The van der Waals surface area contributed by atoms with Gasteiger partial charge in [-0.1, -0.05) is 0 Å². The molecule has 0 atom stereocenters. The van der Waals surface area contributed by atoms with Gasteiger partial charge >= 0.3 is 0 Å². The van der Waals surface area contributed by atoms with Crippen molar-refractivity contribution in [2.24, 2.45) is 7.05 Å². The summed E-state index contributed by atoms with van der Waals surface area (Å²) in [6, 6.07) is 2.66. The fraction of sp³-hybridized carbons (Fsp3) is 0.208. The molecule has 0 saturated carbocycles. The lowest BCUT2D eigenvalue weighted by molar-refractivity contribution is -0.0435. The third kappa shape index (κ3) is 3.31. The molecule has 0 bridgehead atoms. The number of nitrogens with zero attached hydrogens (tertiary/aromatic N) is 4. The van der Waals surface area contributed by atoms with Crippen molar-refractivity contribution in [3.8, 4) is 11.1 Å². The molecule has 9 nitrogen and oxygen atoms in total. The van der Waals surface area contributed by atoms with Crippen molar-refractivity contribution in [1.82, 2.24) is 19.5 Å². The lowest BCUT2D eigenvalue weighted by atomic mass is 10.0. The third-order valence-electron chi connectivity index (χ3n) is 6.11. The van der Waals surface area contributed by atoms with Crippen LogP contribution in [0.1, 0.15) is 11.9 Å². The van der Waals surface area contributed by atoms with Crippen LogP contribution in [-0.2, 0) is 7.05 Å². The number of hydrogen-bond donors (Lipinski definition) is 4. The molecule has 4 N–H and O–H groups in total. The maximum atomic E-state index is 15.1. The molecule has 5 rings (SSSR count). The quantitative estimate of drug-likeness (QED) is 0.292. The molecule has 0 radical (unpaired) electrons. The van der Waals surface area contributed by atoms with Crippen LogP contribution in [0.3, 0.4) is 0 Å². The van der Waals surface area contributed by atoms with Crippen LogP contribution in [-0.4, -0.2) is 50.9 Å². The third-order valence-corrected chi connectivity index (χ3v) is 6.11. The SMILES string of the molecule is CNc1cc(F)c(F)c2c1[nH]c1ncc(-c3cnc4c(c3)c(=O)c(C(O)O)cn4C)c(N(C)C)c12. The number of benzene rings is 1. The van der Waals surface area contributed by atoms with Gasteiger partial charge in [-0.3, -0.25) is 4.79 Å². The van der Waals surface area contributed by atoms with Crippen molar-refractivity contribution in [2.75, 3.05) is 31.4 Å². The largest absolute Gasteiger partial charge is 0.386 e. The fourth-order valence-corrected chi connectivity index (χ4v) is 4.54. The van der Waals surface area contributed by atoms with Crippen molar-refractivity contribution in [3.63, 3.8) is 0 Å². The van der Waals surface area contributed by atoms with Gasteiger partial charge in [0.05, 0.1) is 38.6 Å². The van der Waals surface area contributed by atoms with Crippen LogP contribution in [0.5, 0.6) is 0 Å². The first kappa shape index (κ1) is 22.7. The Balaban J connectivity index is 1.89. The molecular weight excluding hydrogens is 458 g/mol. The van der Waals surface area contributed by atoms with E-state index in [4.69, 9.17) is 0 Å². The summed E-state index contributed by atoms with van der Waals surface area (Å²) in [7, 11) is 6.78. The van der Waals surface area contributed by atoms with Crippen LogP contribution in [0, 0.1) is 11.6 Å². The second-order valence-corrected chi connectivity index (χ2v) is 8.48. The van der Waals surface area contributed by atoms with Gasteiger partial charge in [0.15, 0.2) is 23.4 Å². The number of aromatic nitrogens is 4. The first-order valence-corrected chi connectivity index (χ1v) is 10.7. The summed E-state index contributed by atoms with van der Waals surface area (Å²) in [4.78, 5) is 26.6. The zero-order chi connectivity index (χ0) is 25.2. The van der Waals surface area contributed by atoms with Gasteiger partial charge in [-0.2, -0.15) is 0 Å². The van der Waals surface area contributed by atoms with Crippen molar-refractivity contribution in [3.05, 3.63) is 58.1 Å². The highest BCUT2D eigenvalue weighted by atomic mass is 19.2. The zero-order valence-corrected chi connectivity index (χ0v) is 19.3. The standard InChI is InChI=1S/C24H22F2N6O3/c1-27-15-6-14(25)18(26)16-17-20(31(2)3)12(8-28-22(17)30-19(15)16)10-5-11-21(33)13(24(34)35)9-32(4)23(11)29-7-10/h5-9,24,27,34-35H,1-4H3,(H,28,30). The van der Waals surface area contributed by atoms with Gasteiger partial charge < -0.3 is 30.0 Å². The minimum atomic E-state index is -1.94. The van der Waals surface area contributed by atoms with E-state index in [1.807, 2.05) is 0 Å². The van der Waals surface area contributed by atoms with Crippen LogP contribution in [0.2, 0.25) is 0 Å². The van der Waals surface area contributed by atoms with E-state index in [2.05, 4.69) is 20.3 Å². The summed E-state index contributed by atoms with van der Waals surface area (Å²) < 4.78 is 31.1. The molecule has 11 heteroatoms. The number of aromatic amines is 1. The summed E-state index contributed by atoms with van der Waals surface area (Å²) in [5.74, 6) is -2.00. The minimum Gasteiger partial charge on any atom is -0.386 e. The summed E-state index contributed by atoms with van der Waals surface area (Å²) in [6.07, 6.45) is 2.50. The van der Waals surface area contributed by atoms with Crippen LogP contribution in [0.4, 0.5) is 20.2 Å². The molecule has 0 spiro atoms. The lowest BCUT2D eigenvalue weighted by Crippen LogP contribution is -2.17. The number of aryl methyl sites for hydroxylation is 1. The molecule has 0 aliphatic carbocycles. The van der Waals surface area contributed by atoms with Crippen LogP contribution in [0.15, 0.2) is 35.5 Å². The second kappa shape index (κ2) is 8.00. The van der Waals surface area contributed by atoms with E-state index in [-0.39, 0.29) is 16.3 Å². The van der Waals surface area contributed by atoms with Crippen LogP contribution >= 0.6 is 0 Å². The Morgan fingerprint density at radius 1 is 1.14 bits per heavy atom. The minimum absolute atomic E-state index is 0.0535. The molecule has 0 fully saturated rings. The molecule has 180 valence electrons. The Hall–Kier alpha value is -4.09. The number of nitrogens with one attached hydrogen (secondary N) is 2. The van der Waals surface area contributed by atoms with E-state index < -0.39 is 23.4 Å². The van der Waals surface area contributed by atoms with Gasteiger partial charge in [0, 0.05) is 64.0 Å². The number of hydrogen-bond acceptors (Lipinski definition) is 7. The predicted octanol–water partition coefficient (Wildman–Crippen LogP) is 3.00. The van der Waals surface area contributed by atoms with Gasteiger partial charge in [0.25, 0.3) is 0 Å². The van der Waals surface area contributed by atoms with E-state index in [1.54, 1.807) is 51.6 Å². The van der Waals surface area contributed by atoms with Crippen molar-refractivity contribution >= 4 is 44.3 Å². The molecule has 0 unspecified atom stereocenters. The van der Waals surface area contributed by atoms with Gasteiger partial charge in [-0.15, -0.1) is 0 Å². The first-order chi connectivity index (χ1) is 16.6. The maximum Gasteiger partial charge on any atom is 0.199 e. The summed E-state index contributed by atoms with van der Waals surface area (Å²) >= 11 is 0. The highest BCUT2D eigenvalue weighted by Crippen LogP contribution is 2.42. The van der Waals surface area contributed by atoms with E-state index in [0.717, 1.165) is 6.07 Å². The number of aliphatic hydroxyl groups is 2. The molecule has 4 aromatic heterocycles. The van der Waals surface area contributed by atoms with E-state index >= 15 is 4.39 Å². The number of fused-ring (bicyclic) bond motifs is 4. The highest BCUT2D eigenvalue weighted by Gasteiger charge is 2.24. The van der Waals surface area contributed by atoms with Crippen molar-refractivity contribution in [2.45, 2.75) is 6.29 Å². The maximum absolute atomic E-state index is 15.1. The summed E-state index contributed by atoms with van der Waals surface area (Å²) in [5, 5.41) is 22.7. The van der Waals surface area contributed by atoms with Gasteiger partial charge in [-0.25, -0.2) is 18.7 Å². The molecule has 0 amide bonds. The molecule has 4 heterocycles. The molecule has 0 aliphatic heterocycles. The van der Waals surface area contributed by atoms with Gasteiger partial charge in [-0.05, 0) is 6.07 Å². The Morgan fingerprint density at radius 2 is 1.89 bits per heavy atom. The Morgan fingerprint density at radius 3 is 2.54 bits per heavy atom. The van der Waals surface area contributed by atoms with Crippen LogP contribution < -0.4 is 15.6 Å². The first-order valence-electron chi connectivity index (χ1n) is 10.7. The summed E-state index contributed by atoms with van der Waals surface area (Å²) in [6.45, 7) is 0. The summed E-state index contributed by atoms with van der Waals surface area (Å²) in [5.41, 5.74) is 2.29. The zero-order valence-electron chi connectivity index (χ0n) is 19.3. The molecule has 0 saturated heterocycles. The van der Waals surface area contributed by atoms with E-state index in [1.165, 1.54) is 10.8 Å². The number of aliphatic hydroxyl groups excluding tert-OH is 1. The average molecular weight is 480 g/mol. The number of anilines is 2. The Bertz CT molecular complexity index is 1710. The second-order valence-electron chi connectivity index (χ2n) is 8.48.